The Hall–Kier alpha value is -0.870. The lowest BCUT2D eigenvalue weighted by molar-refractivity contribution is -0.306. The van der Waals surface area contributed by atoms with E-state index in [4.69, 9.17) is 9.47 Å². The zero-order valence-electron chi connectivity index (χ0n) is 16.3. The fourth-order valence-corrected chi connectivity index (χ4v) is 3.98. The van der Waals surface area contributed by atoms with Crippen LogP contribution in [0.2, 0.25) is 0 Å². The normalized spacial score (nSPS) is 43.8. The minimum absolute atomic E-state index is 0.121. The van der Waals surface area contributed by atoms with Crippen LogP contribution in [0.25, 0.3) is 0 Å². The summed E-state index contributed by atoms with van der Waals surface area (Å²) < 4.78 is 10.9. The molecule has 5 N–H and O–H groups in total. The molecule has 1 aliphatic heterocycles. The van der Waals surface area contributed by atoms with E-state index in [0.29, 0.717) is 6.42 Å². The van der Waals surface area contributed by atoms with Crippen molar-refractivity contribution >= 4 is 5.78 Å². The molecule has 0 radical (unpaired) electrons. The summed E-state index contributed by atoms with van der Waals surface area (Å²) >= 11 is 0. The van der Waals surface area contributed by atoms with Crippen molar-refractivity contribution in [1.29, 1.82) is 0 Å². The van der Waals surface area contributed by atoms with Crippen LogP contribution in [0.15, 0.2) is 12.2 Å². The molecule has 0 aromatic rings. The molecule has 1 aliphatic carbocycles. The third-order valence-electron chi connectivity index (χ3n) is 5.83. The van der Waals surface area contributed by atoms with E-state index < -0.39 is 54.4 Å². The lowest BCUT2D eigenvalue weighted by atomic mass is 9.60. The van der Waals surface area contributed by atoms with Gasteiger partial charge in [-0.15, -0.1) is 0 Å². The van der Waals surface area contributed by atoms with E-state index in [1.807, 2.05) is 20.8 Å². The standard InChI is InChI=1S/C19H32O8/c1-10-7-12(21)8-18(3,4)19(10,25)6-5-11(2)26-17-16(24)15(23)14(22)13(9-20)27-17/h5-6,10-11,13-17,20,22-25H,7-9H2,1-4H3/b6-5+/t10-,11-,13+,14+,15-,16+,17+,19+/m1/s1. The summed E-state index contributed by atoms with van der Waals surface area (Å²) in [6, 6.07) is 0. The van der Waals surface area contributed by atoms with Crippen LogP contribution < -0.4 is 0 Å². The third-order valence-corrected chi connectivity index (χ3v) is 5.83. The van der Waals surface area contributed by atoms with Gasteiger partial charge in [0.15, 0.2) is 6.29 Å². The predicted molar refractivity (Wildman–Crippen MR) is 95.6 cm³/mol. The maximum Gasteiger partial charge on any atom is 0.187 e. The van der Waals surface area contributed by atoms with E-state index in [2.05, 4.69) is 0 Å². The molecule has 0 spiro atoms. The summed E-state index contributed by atoms with van der Waals surface area (Å²) in [6.07, 6.45) is -3.51. The van der Waals surface area contributed by atoms with Gasteiger partial charge in [-0.2, -0.15) is 0 Å². The summed E-state index contributed by atoms with van der Waals surface area (Å²) in [7, 11) is 0. The van der Waals surface area contributed by atoms with E-state index in [0.717, 1.165) is 0 Å². The van der Waals surface area contributed by atoms with Crippen molar-refractivity contribution in [1.82, 2.24) is 0 Å². The first-order valence-electron chi connectivity index (χ1n) is 9.32. The molecule has 8 nitrogen and oxygen atoms in total. The zero-order chi connectivity index (χ0) is 20.6. The Morgan fingerprint density at radius 3 is 2.44 bits per heavy atom. The van der Waals surface area contributed by atoms with Crippen LogP contribution in [0.1, 0.15) is 40.5 Å². The monoisotopic (exact) mass is 388 g/mol. The van der Waals surface area contributed by atoms with Gasteiger partial charge in [0.25, 0.3) is 0 Å². The van der Waals surface area contributed by atoms with Crippen LogP contribution in [-0.2, 0) is 14.3 Å². The molecule has 0 aromatic carbocycles. The van der Waals surface area contributed by atoms with Gasteiger partial charge in [0.05, 0.1) is 18.3 Å². The predicted octanol–water partition coefficient (Wildman–Crippen LogP) is -0.496. The van der Waals surface area contributed by atoms with Crippen molar-refractivity contribution in [3.05, 3.63) is 12.2 Å². The highest BCUT2D eigenvalue weighted by Gasteiger charge is 2.50. The van der Waals surface area contributed by atoms with Gasteiger partial charge in [0, 0.05) is 18.3 Å². The van der Waals surface area contributed by atoms with Crippen LogP contribution in [-0.4, -0.2) is 80.3 Å². The van der Waals surface area contributed by atoms with E-state index in [-0.39, 0.29) is 18.1 Å². The van der Waals surface area contributed by atoms with E-state index in [1.165, 1.54) is 0 Å². The molecule has 2 rings (SSSR count). The van der Waals surface area contributed by atoms with Crippen LogP contribution in [0.3, 0.4) is 0 Å². The quantitative estimate of drug-likeness (QED) is 0.398. The molecular formula is C19H32O8. The average molecular weight is 388 g/mol. The topological polar surface area (TPSA) is 137 Å². The van der Waals surface area contributed by atoms with E-state index in [1.54, 1.807) is 19.1 Å². The van der Waals surface area contributed by atoms with Gasteiger partial charge in [-0.1, -0.05) is 32.9 Å². The molecule has 1 saturated carbocycles. The van der Waals surface area contributed by atoms with Crippen molar-refractivity contribution in [3.8, 4) is 0 Å². The molecule has 27 heavy (non-hydrogen) atoms. The van der Waals surface area contributed by atoms with Gasteiger partial charge >= 0.3 is 0 Å². The Morgan fingerprint density at radius 1 is 1.26 bits per heavy atom. The molecule has 1 saturated heterocycles. The Morgan fingerprint density at radius 2 is 1.89 bits per heavy atom. The molecule has 8 atom stereocenters. The number of rotatable bonds is 5. The fourth-order valence-electron chi connectivity index (χ4n) is 3.98. The Bertz CT molecular complexity index is 560. The Balaban J connectivity index is 2.08. The van der Waals surface area contributed by atoms with Gasteiger partial charge in [0.2, 0.25) is 0 Å². The lowest BCUT2D eigenvalue weighted by Crippen LogP contribution is -2.59. The van der Waals surface area contributed by atoms with Gasteiger partial charge in [-0.3, -0.25) is 4.79 Å². The number of carbonyl (C=O) groups is 1. The van der Waals surface area contributed by atoms with E-state index >= 15 is 0 Å². The van der Waals surface area contributed by atoms with Crippen LogP contribution in [0, 0.1) is 11.3 Å². The molecular weight excluding hydrogens is 356 g/mol. The molecule has 0 aromatic heterocycles. The van der Waals surface area contributed by atoms with Crippen LogP contribution in [0.4, 0.5) is 0 Å². The number of aliphatic hydroxyl groups excluding tert-OH is 4. The van der Waals surface area contributed by atoms with Crippen LogP contribution >= 0.6 is 0 Å². The summed E-state index contributed by atoms with van der Waals surface area (Å²) in [4.78, 5) is 11.9. The molecule has 2 fully saturated rings. The smallest absolute Gasteiger partial charge is 0.187 e. The second-order valence-corrected chi connectivity index (χ2v) is 8.43. The first kappa shape index (κ1) is 22.4. The second kappa shape index (κ2) is 8.24. The first-order chi connectivity index (χ1) is 12.4. The number of ketones is 1. The number of ether oxygens (including phenoxy) is 2. The molecule has 2 aliphatic rings. The highest BCUT2D eigenvalue weighted by Crippen LogP contribution is 2.46. The fraction of sp³-hybridized carbons (Fsp3) is 0.842. The summed E-state index contributed by atoms with van der Waals surface area (Å²) in [5, 5.41) is 50.1. The maximum absolute atomic E-state index is 11.9. The highest BCUT2D eigenvalue weighted by molar-refractivity contribution is 5.81. The summed E-state index contributed by atoms with van der Waals surface area (Å²) in [5.74, 6) is -0.138. The Labute approximate surface area is 159 Å². The maximum atomic E-state index is 11.9. The first-order valence-corrected chi connectivity index (χ1v) is 9.32. The van der Waals surface area contributed by atoms with Crippen molar-refractivity contribution in [2.24, 2.45) is 11.3 Å². The van der Waals surface area contributed by atoms with Gasteiger partial charge in [-0.25, -0.2) is 0 Å². The van der Waals surface area contributed by atoms with Crippen molar-refractivity contribution in [2.45, 2.75) is 82.9 Å². The molecule has 156 valence electrons. The van der Waals surface area contributed by atoms with Crippen molar-refractivity contribution in [2.75, 3.05) is 6.61 Å². The van der Waals surface area contributed by atoms with Gasteiger partial charge < -0.3 is 35.0 Å². The molecule has 0 unspecified atom stereocenters. The van der Waals surface area contributed by atoms with Crippen molar-refractivity contribution < 1.29 is 39.8 Å². The summed E-state index contributed by atoms with van der Waals surface area (Å²) in [6.45, 7) is 6.65. The van der Waals surface area contributed by atoms with Gasteiger partial charge in [-0.05, 0) is 12.8 Å². The van der Waals surface area contributed by atoms with Crippen LogP contribution in [0.5, 0.6) is 0 Å². The number of Topliss-reactive ketones (excluding diaryl/α,β-unsaturated/α-hetero) is 1. The van der Waals surface area contributed by atoms with Gasteiger partial charge in [0.1, 0.15) is 30.2 Å². The number of aliphatic hydroxyl groups is 5. The SMILES string of the molecule is C[C@H](/C=C/[C@]1(O)[C@H](C)CC(=O)CC1(C)C)O[C@H]1O[C@@H](CO)[C@H](O)[C@@H](O)[C@@H]1O. The molecule has 8 heteroatoms. The number of hydrogen-bond donors (Lipinski definition) is 5. The van der Waals surface area contributed by atoms with E-state index in [9.17, 15) is 30.3 Å². The average Bonchev–Trinajstić information content (AvgIpc) is 2.58. The number of carbonyl (C=O) groups excluding carboxylic acids is 1. The largest absolute Gasteiger partial charge is 0.394 e. The molecule has 0 bridgehead atoms. The van der Waals surface area contributed by atoms with Crippen molar-refractivity contribution in [3.63, 3.8) is 0 Å². The minimum Gasteiger partial charge on any atom is -0.394 e. The number of hydrogen-bond acceptors (Lipinski definition) is 8. The Kier molecular flexibility index (Phi) is 6.85. The molecule has 0 amide bonds. The highest BCUT2D eigenvalue weighted by atomic mass is 16.7. The third kappa shape index (κ3) is 4.42. The summed E-state index contributed by atoms with van der Waals surface area (Å²) in [5.41, 5.74) is -1.84. The zero-order valence-corrected chi connectivity index (χ0v) is 16.3. The minimum atomic E-state index is -1.51. The molecule has 1 heterocycles. The second-order valence-electron chi connectivity index (χ2n) is 8.43. The lowest BCUT2D eigenvalue weighted by Gasteiger charge is -2.48.